The predicted molar refractivity (Wildman–Crippen MR) is 65.0 cm³/mol. The molecule has 0 atom stereocenters. The van der Waals surface area contributed by atoms with Crippen molar-refractivity contribution < 1.29 is 0 Å². The summed E-state index contributed by atoms with van der Waals surface area (Å²) in [6, 6.07) is 3.90. The van der Waals surface area contributed by atoms with Crippen molar-refractivity contribution in [2.24, 2.45) is 0 Å². The molecule has 2 N–H and O–H groups in total. The molecule has 3 rings (SSSR count). The third-order valence-electron chi connectivity index (χ3n) is 2.82. The Bertz CT molecular complexity index is 465. The maximum Gasteiger partial charge on any atom is 0.153 e. The van der Waals surface area contributed by atoms with Crippen LogP contribution in [0.5, 0.6) is 0 Å². The van der Waals surface area contributed by atoms with E-state index >= 15 is 0 Å². The van der Waals surface area contributed by atoms with Crippen LogP contribution in [0.2, 0.25) is 0 Å². The fourth-order valence-electron chi connectivity index (χ4n) is 2.08. The Hall–Kier alpha value is -1.42. The summed E-state index contributed by atoms with van der Waals surface area (Å²) in [5.74, 6) is 0.881. The first kappa shape index (κ1) is 8.85. The van der Waals surface area contributed by atoms with Crippen molar-refractivity contribution in [3.05, 3.63) is 29.6 Å². The highest BCUT2D eigenvalue weighted by Crippen LogP contribution is 2.33. The van der Waals surface area contributed by atoms with Gasteiger partial charge in [-0.2, -0.15) is 0 Å². The fourth-order valence-corrected chi connectivity index (χ4v) is 2.41. The van der Waals surface area contributed by atoms with E-state index in [4.69, 9.17) is 12.2 Å². The molecule has 3 nitrogen and oxygen atoms in total. The number of fused-ring (bicyclic) bond motifs is 1. The third kappa shape index (κ3) is 1.41. The molecule has 76 valence electrons. The molecular formula is C11H11N3S. The average molecular weight is 217 g/mol. The smallest absolute Gasteiger partial charge is 0.153 e. The normalized spacial score (nSPS) is 18.8. The molecule has 1 aromatic rings. The minimum Gasteiger partial charge on any atom is -0.343 e. The molecule has 1 aliphatic carbocycles. The van der Waals surface area contributed by atoms with E-state index in [2.05, 4.69) is 15.6 Å². The highest BCUT2D eigenvalue weighted by Gasteiger charge is 2.23. The van der Waals surface area contributed by atoms with Crippen LogP contribution in [0.25, 0.3) is 0 Å². The molecular weight excluding hydrogens is 206 g/mol. The summed E-state index contributed by atoms with van der Waals surface area (Å²) < 4.78 is 0. The zero-order valence-electron chi connectivity index (χ0n) is 8.21. The molecule has 0 saturated heterocycles. The molecule has 0 aromatic carbocycles. The Balaban J connectivity index is 2.08. The lowest BCUT2D eigenvalue weighted by Crippen LogP contribution is -2.10. The van der Waals surface area contributed by atoms with E-state index in [9.17, 15) is 0 Å². The molecule has 0 radical (unpaired) electrons. The van der Waals surface area contributed by atoms with Crippen LogP contribution in [0.3, 0.4) is 0 Å². The molecule has 2 heterocycles. The number of nitrogens with zero attached hydrogens (tertiary/aromatic N) is 1. The van der Waals surface area contributed by atoms with Crippen LogP contribution in [-0.2, 0) is 0 Å². The first-order valence-electron chi connectivity index (χ1n) is 5.10. The Morgan fingerprint density at radius 1 is 1.27 bits per heavy atom. The summed E-state index contributed by atoms with van der Waals surface area (Å²) in [6.45, 7) is 0. The molecule has 0 saturated carbocycles. The van der Waals surface area contributed by atoms with Gasteiger partial charge in [-0.15, -0.1) is 0 Å². The lowest BCUT2D eigenvalue weighted by molar-refractivity contribution is 0.901. The van der Waals surface area contributed by atoms with E-state index in [-0.39, 0.29) is 0 Å². The number of nitrogens with one attached hydrogen (secondary N) is 2. The van der Waals surface area contributed by atoms with Crippen LogP contribution >= 0.6 is 12.2 Å². The predicted octanol–water partition coefficient (Wildman–Crippen LogP) is 2.68. The molecule has 15 heavy (non-hydrogen) atoms. The van der Waals surface area contributed by atoms with Crippen molar-refractivity contribution in [3.63, 3.8) is 0 Å². The Morgan fingerprint density at radius 2 is 2.20 bits per heavy atom. The van der Waals surface area contributed by atoms with Gasteiger partial charge in [0.25, 0.3) is 0 Å². The van der Waals surface area contributed by atoms with Gasteiger partial charge in [0, 0.05) is 17.5 Å². The molecule has 1 aromatic heterocycles. The van der Waals surface area contributed by atoms with Crippen LogP contribution < -0.4 is 10.6 Å². The molecule has 2 aliphatic rings. The van der Waals surface area contributed by atoms with Gasteiger partial charge in [0.1, 0.15) is 4.99 Å². The molecule has 0 spiro atoms. The van der Waals surface area contributed by atoms with Gasteiger partial charge in [0.05, 0.1) is 5.69 Å². The van der Waals surface area contributed by atoms with Gasteiger partial charge in [-0.1, -0.05) is 12.2 Å². The van der Waals surface area contributed by atoms with E-state index < -0.39 is 0 Å². The quantitative estimate of drug-likeness (QED) is 0.655. The fraction of sp³-hybridized carbons (Fsp3) is 0.273. The minimum absolute atomic E-state index is 0.849. The molecule has 0 bridgehead atoms. The van der Waals surface area contributed by atoms with E-state index in [0.29, 0.717) is 0 Å². The standard InChI is InChI=1S/C11H11N3S/c15-11-7-3-1-4-8(7)13-10-9(14-11)5-2-6-12-10/h2,5-6H,1,3-4H2,(H,12,13)(H,14,15). The number of pyridine rings is 1. The van der Waals surface area contributed by atoms with Crippen molar-refractivity contribution in [3.8, 4) is 0 Å². The van der Waals surface area contributed by atoms with Crippen molar-refractivity contribution in [1.29, 1.82) is 0 Å². The van der Waals surface area contributed by atoms with Crippen LogP contribution in [0.1, 0.15) is 19.3 Å². The number of rotatable bonds is 0. The van der Waals surface area contributed by atoms with Crippen LogP contribution in [0.4, 0.5) is 11.5 Å². The number of anilines is 2. The average Bonchev–Trinajstić information content (AvgIpc) is 2.64. The summed E-state index contributed by atoms with van der Waals surface area (Å²) in [4.78, 5) is 5.16. The number of aromatic nitrogens is 1. The number of hydrogen-bond donors (Lipinski definition) is 2. The highest BCUT2D eigenvalue weighted by molar-refractivity contribution is 7.81. The Morgan fingerprint density at radius 3 is 3.13 bits per heavy atom. The molecule has 0 amide bonds. The van der Waals surface area contributed by atoms with Gasteiger partial charge in [-0.3, -0.25) is 0 Å². The maximum atomic E-state index is 5.37. The van der Waals surface area contributed by atoms with Crippen LogP contribution in [0.15, 0.2) is 29.6 Å². The Labute approximate surface area is 93.6 Å². The number of hydrogen-bond acceptors (Lipinski definition) is 3. The monoisotopic (exact) mass is 217 g/mol. The van der Waals surface area contributed by atoms with Crippen LogP contribution in [-0.4, -0.2) is 9.97 Å². The summed E-state index contributed by atoms with van der Waals surface area (Å²) in [7, 11) is 0. The minimum atomic E-state index is 0.849. The second-order valence-corrected chi connectivity index (χ2v) is 4.20. The van der Waals surface area contributed by atoms with Gasteiger partial charge in [0.2, 0.25) is 0 Å². The second-order valence-electron chi connectivity index (χ2n) is 3.79. The maximum absolute atomic E-state index is 5.37. The summed E-state index contributed by atoms with van der Waals surface area (Å²) in [5, 5.41) is 6.61. The molecule has 4 heteroatoms. The summed E-state index contributed by atoms with van der Waals surface area (Å²) >= 11 is 5.37. The van der Waals surface area contributed by atoms with Crippen molar-refractivity contribution in [2.45, 2.75) is 19.3 Å². The van der Waals surface area contributed by atoms with E-state index in [1.807, 2.05) is 12.1 Å². The van der Waals surface area contributed by atoms with Gasteiger partial charge in [-0.05, 0) is 31.4 Å². The molecule has 1 aliphatic heterocycles. The van der Waals surface area contributed by atoms with E-state index in [1.165, 1.54) is 17.7 Å². The topological polar surface area (TPSA) is 37.0 Å². The van der Waals surface area contributed by atoms with Gasteiger partial charge < -0.3 is 10.6 Å². The van der Waals surface area contributed by atoms with Crippen molar-refractivity contribution in [1.82, 2.24) is 4.98 Å². The Kier molecular flexibility index (Phi) is 1.95. The lowest BCUT2D eigenvalue weighted by atomic mass is 10.2. The van der Waals surface area contributed by atoms with Gasteiger partial charge in [-0.25, -0.2) is 4.98 Å². The second kappa shape index (κ2) is 3.31. The number of thiocarbonyl (C=S) groups is 1. The summed E-state index contributed by atoms with van der Waals surface area (Å²) in [6.07, 6.45) is 5.12. The lowest BCUT2D eigenvalue weighted by Gasteiger charge is -2.08. The van der Waals surface area contributed by atoms with Gasteiger partial charge in [0.15, 0.2) is 5.82 Å². The van der Waals surface area contributed by atoms with E-state index in [0.717, 1.165) is 29.3 Å². The first-order chi connectivity index (χ1) is 7.34. The molecule has 0 unspecified atom stereocenters. The van der Waals surface area contributed by atoms with Crippen LogP contribution in [0, 0.1) is 0 Å². The summed E-state index contributed by atoms with van der Waals surface area (Å²) in [5.41, 5.74) is 3.46. The highest BCUT2D eigenvalue weighted by atomic mass is 32.1. The number of allylic oxidation sites excluding steroid dienone is 1. The van der Waals surface area contributed by atoms with Crippen molar-refractivity contribution >= 4 is 28.7 Å². The van der Waals surface area contributed by atoms with Crippen molar-refractivity contribution in [2.75, 3.05) is 10.6 Å². The SMILES string of the molecule is S=C1Nc2cccnc2NC2=C1CCC2. The zero-order valence-corrected chi connectivity index (χ0v) is 9.03. The molecule has 0 fully saturated rings. The van der Waals surface area contributed by atoms with Gasteiger partial charge >= 0.3 is 0 Å². The largest absolute Gasteiger partial charge is 0.343 e. The van der Waals surface area contributed by atoms with E-state index in [1.54, 1.807) is 6.20 Å². The first-order valence-corrected chi connectivity index (χ1v) is 5.51. The third-order valence-corrected chi connectivity index (χ3v) is 3.17. The zero-order chi connectivity index (χ0) is 10.3.